The lowest BCUT2D eigenvalue weighted by atomic mass is 10.2. The lowest BCUT2D eigenvalue weighted by Crippen LogP contribution is -2.12. The summed E-state index contributed by atoms with van der Waals surface area (Å²) in [5.74, 6) is 0.659. The normalized spacial score (nSPS) is 11.1. The highest BCUT2D eigenvalue weighted by molar-refractivity contribution is 6.31. The number of fused-ring (bicyclic) bond motifs is 2. The van der Waals surface area contributed by atoms with Gasteiger partial charge in [-0.05, 0) is 37.3 Å². The van der Waals surface area contributed by atoms with Crippen LogP contribution >= 0.6 is 11.6 Å². The quantitative estimate of drug-likeness (QED) is 0.584. The summed E-state index contributed by atoms with van der Waals surface area (Å²) < 4.78 is 0. The molecule has 4 aromatic rings. The van der Waals surface area contributed by atoms with Crippen molar-refractivity contribution in [1.82, 2.24) is 19.9 Å². The summed E-state index contributed by atoms with van der Waals surface area (Å²) >= 11 is 6.01. The summed E-state index contributed by atoms with van der Waals surface area (Å²) in [6.07, 6.45) is 0. The fourth-order valence-electron chi connectivity index (χ4n) is 2.57. The molecule has 0 saturated heterocycles. The van der Waals surface area contributed by atoms with Gasteiger partial charge in [0.1, 0.15) is 0 Å². The van der Waals surface area contributed by atoms with Gasteiger partial charge in [-0.25, -0.2) is 9.97 Å². The molecule has 0 fully saturated rings. The second kappa shape index (κ2) is 5.58. The van der Waals surface area contributed by atoms with Crippen LogP contribution in [0.25, 0.3) is 21.8 Å². The average Bonchev–Trinajstić information content (AvgIpc) is 2.56. The molecule has 2 aromatic heterocycles. The highest BCUT2D eigenvalue weighted by Crippen LogP contribution is 2.22. The van der Waals surface area contributed by atoms with Crippen LogP contribution in [0.4, 0.5) is 11.9 Å². The van der Waals surface area contributed by atoms with Crippen molar-refractivity contribution in [2.45, 2.75) is 6.92 Å². The molecule has 0 unspecified atom stereocenters. The minimum Gasteiger partial charge on any atom is -0.325 e. The number of rotatable bonds is 2. The first-order chi connectivity index (χ1) is 11.6. The summed E-state index contributed by atoms with van der Waals surface area (Å²) in [6.45, 7) is 1.88. The molecule has 7 heteroatoms. The van der Waals surface area contributed by atoms with Gasteiger partial charge in [0.15, 0.2) is 0 Å². The van der Waals surface area contributed by atoms with Gasteiger partial charge in [0, 0.05) is 10.4 Å². The Hall–Kier alpha value is -2.99. The number of aromatic nitrogens is 4. The number of nitrogens with one attached hydrogen (secondary N) is 2. The van der Waals surface area contributed by atoms with Gasteiger partial charge in [-0.15, -0.1) is 0 Å². The average molecular weight is 338 g/mol. The van der Waals surface area contributed by atoms with Crippen molar-refractivity contribution in [3.63, 3.8) is 0 Å². The third-order valence-corrected chi connectivity index (χ3v) is 3.94. The molecule has 0 aliphatic heterocycles. The van der Waals surface area contributed by atoms with E-state index < -0.39 is 0 Å². The summed E-state index contributed by atoms with van der Waals surface area (Å²) in [6, 6.07) is 12.6. The molecule has 0 bridgehead atoms. The Balaban J connectivity index is 1.79. The monoisotopic (exact) mass is 337 g/mol. The van der Waals surface area contributed by atoms with Crippen molar-refractivity contribution in [2.75, 3.05) is 5.32 Å². The molecule has 0 saturated carbocycles. The van der Waals surface area contributed by atoms with Gasteiger partial charge in [0.05, 0.1) is 22.1 Å². The van der Waals surface area contributed by atoms with Crippen molar-refractivity contribution in [3.05, 3.63) is 63.5 Å². The Morgan fingerprint density at radius 1 is 1.04 bits per heavy atom. The molecule has 0 amide bonds. The van der Waals surface area contributed by atoms with Gasteiger partial charge in [0.25, 0.3) is 5.56 Å². The van der Waals surface area contributed by atoms with Crippen molar-refractivity contribution in [1.29, 1.82) is 0 Å². The van der Waals surface area contributed by atoms with Gasteiger partial charge in [-0.3, -0.25) is 10.1 Å². The van der Waals surface area contributed by atoms with Crippen LogP contribution in [0.1, 0.15) is 5.69 Å². The molecule has 0 aliphatic carbocycles. The summed E-state index contributed by atoms with van der Waals surface area (Å²) in [5, 5.41) is 5.02. The number of para-hydroxylation sites is 1. The smallest absolute Gasteiger partial charge is 0.282 e. The minimum atomic E-state index is -0.309. The second-order valence-electron chi connectivity index (χ2n) is 5.36. The molecule has 0 atom stereocenters. The number of benzene rings is 2. The number of anilines is 2. The van der Waals surface area contributed by atoms with Gasteiger partial charge < -0.3 is 4.98 Å². The zero-order valence-corrected chi connectivity index (χ0v) is 13.4. The molecule has 118 valence electrons. The van der Waals surface area contributed by atoms with E-state index in [1.165, 1.54) is 0 Å². The molecule has 4 rings (SSSR count). The third-order valence-electron chi connectivity index (χ3n) is 3.70. The van der Waals surface area contributed by atoms with E-state index in [1.54, 1.807) is 18.2 Å². The van der Waals surface area contributed by atoms with Crippen molar-refractivity contribution in [2.24, 2.45) is 0 Å². The highest BCUT2D eigenvalue weighted by Gasteiger charge is 2.08. The Bertz CT molecular complexity index is 1140. The molecule has 6 nitrogen and oxygen atoms in total. The van der Waals surface area contributed by atoms with Gasteiger partial charge in [-0.2, -0.15) is 4.98 Å². The summed E-state index contributed by atoms with van der Waals surface area (Å²) in [4.78, 5) is 28.0. The lowest BCUT2D eigenvalue weighted by Gasteiger charge is -2.08. The standard InChI is InChI=1S/C17H12ClN5O/c1-9-12-8-10(18)6-7-14(12)21-16(19-9)23-17-20-13-5-3-2-4-11(13)15(24)22-17/h2-8H,1H3,(H2,19,20,21,22,23,24). The van der Waals surface area contributed by atoms with E-state index in [4.69, 9.17) is 11.6 Å². The SMILES string of the molecule is Cc1nc(Nc2nc(=O)c3ccccc3[nH]2)nc2ccc(Cl)cc12. The van der Waals surface area contributed by atoms with Crippen molar-refractivity contribution < 1.29 is 0 Å². The van der Waals surface area contributed by atoms with Crippen LogP contribution in [-0.2, 0) is 0 Å². The van der Waals surface area contributed by atoms with Gasteiger partial charge >= 0.3 is 0 Å². The van der Waals surface area contributed by atoms with Crippen LogP contribution in [0.2, 0.25) is 5.02 Å². The molecule has 2 aromatic carbocycles. The zero-order chi connectivity index (χ0) is 16.7. The van der Waals surface area contributed by atoms with Crippen molar-refractivity contribution in [3.8, 4) is 0 Å². The molecule has 2 N–H and O–H groups in total. The van der Waals surface area contributed by atoms with E-state index >= 15 is 0 Å². The summed E-state index contributed by atoms with van der Waals surface area (Å²) in [5.41, 5.74) is 1.94. The van der Waals surface area contributed by atoms with E-state index in [0.717, 1.165) is 16.6 Å². The summed E-state index contributed by atoms with van der Waals surface area (Å²) in [7, 11) is 0. The molecule has 24 heavy (non-hydrogen) atoms. The highest BCUT2D eigenvalue weighted by atomic mass is 35.5. The number of nitrogens with zero attached hydrogens (tertiary/aromatic N) is 3. The van der Waals surface area contributed by atoms with Crippen LogP contribution < -0.4 is 10.9 Å². The number of H-pyrrole nitrogens is 1. The predicted octanol–water partition coefficient (Wildman–Crippen LogP) is 3.57. The maximum absolute atomic E-state index is 12.1. The van der Waals surface area contributed by atoms with Gasteiger partial charge in [-0.1, -0.05) is 23.7 Å². The number of hydrogen-bond acceptors (Lipinski definition) is 5. The second-order valence-corrected chi connectivity index (χ2v) is 5.79. The van der Waals surface area contributed by atoms with E-state index in [0.29, 0.717) is 27.8 Å². The van der Waals surface area contributed by atoms with Crippen molar-refractivity contribution >= 4 is 45.3 Å². The van der Waals surface area contributed by atoms with E-state index in [-0.39, 0.29) is 5.56 Å². The lowest BCUT2D eigenvalue weighted by molar-refractivity contribution is 1.10. The first kappa shape index (κ1) is 14.6. The number of aryl methyl sites for hydroxylation is 1. The third kappa shape index (κ3) is 2.57. The first-order valence-corrected chi connectivity index (χ1v) is 7.68. The van der Waals surface area contributed by atoms with Crippen LogP contribution in [0.5, 0.6) is 0 Å². The van der Waals surface area contributed by atoms with E-state index in [1.807, 2.05) is 31.2 Å². The fraction of sp³-hybridized carbons (Fsp3) is 0.0588. The maximum atomic E-state index is 12.1. The van der Waals surface area contributed by atoms with E-state index in [9.17, 15) is 4.79 Å². The van der Waals surface area contributed by atoms with Crippen LogP contribution in [-0.4, -0.2) is 19.9 Å². The van der Waals surface area contributed by atoms with Crippen LogP contribution in [0.15, 0.2) is 47.3 Å². The number of aromatic amines is 1. The molecule has 2 heterocycles. The number of hydrogen-bond donors (Lipinski definition) is 2. The van der Waals surface area contributed by atoms with E-state index in [2.05, 4.69) is 25.3 Å². The molecule has 0 aliphatic rings. The van der Waals surface area contributed by atoms with Crippen LogP contribution in [0, 0.1) is 6.92 Å². The Morgan fingerprint density at radius 3 is 2.75 bits per heavy atom. The fourth-order valence-corrected chi connectivity index (χ4v) is 2.74. The predicted molar refractivity (Wildman–Crippen MR) is 94.9 cm³/mol. The largest absolute Gasteiger partial charge is 0.325 e. The Morgan fingerprint density at radius 2 is 1.88 bits per heavy atom. The number of halogens is 1. The molecule has 0 spiro atoms. The molecular formula is C17H12ClN5O. The topological polar surface area (TPSA) is 83.6 Å². The zero-order valence-electron chi connectivity index (χ0n) is 12.7. The molecular weight excluding hydrogens is 326 g/mol. The van der Waals surface area contributed by atoms with Crippen LogP contribution in [0.3, 0.4) is 0 Å². The minimum absolute atomic E-state index is 0.298. The first-order valence-electron chi connectivity index (χ1n) is 7.30. The molecule has 0 radical (unpaired) electrons. The maximum Gasteiger partial charge on any atom is 0.282 e. The Kier molecular flexibility index (Phi) is 3.39. The Labute approximate surface area is 141 Å². The van der Waals surface area contributed by atoms with Gasteiger partial charge in [0.2, 0.25) is 11.9 Å².